The Labute approximate surface area is 107 Å². The van der Waals surface area contributed by atoms with E-state index in [0.717, 1.165) is 0 Å². The molecule has 84 valence electrons. The average molecular weight is 331 g/mol. The third kappa shape index (κ3) is 2.64. The van der Waals surface area contributed by atoms with Crippen molar-refractivity contribution in [2.75, 3.05) is 13.7 Å². The topological polar surface area (TPSA) is 59.3 Å². The molecule has 0 radical (unpaired) electrons. The van der Waals surface area contributed by atoms with E-state index in [9.17, 15) is 4.79 Å². The molecule has 1 aromatic rings. The fourth-order valence-corrected chi connectivity index (χ4v) is 1.91. The Morgan fingerprint density at radius 3 is 2.75 bits per heavy atom. The van der Waals surface area contributed by atoms with Gasteiger partial charge in [-0.3, -0.25) is 0 Å². The van der Waals surface area contributed by atoms with E-state index in [0.29, 0.717) is 27.1 Å². The maximum absolute atomic E-state index is 11.5. The molecular formula is C11H10INO3. The molecule has 5 heteroatoms. The normalized spacial score (nSPS) is 9.38. The molecule has 0 aromatic heterocycles. The molecule has 0 fully saturated rings. The van der Waals surface area contributed by atoms with E-state index in [4.69, 9.17) is 14.7 Å². The molecule has 0 aliphatic heterocycles. The van der Waals surface area contributed by atoms with Crippen LogP contribution in [-0.4, -0.2) is 19.7 Å². The van der Waals surface area contributed by atoms with E-state index in [2.05, 4.69) is 0 Å². The van der Waals surface area contributed by atoms with Gasteiger partial charge >= 0.3 is 5.97 Å². The van der Waals surface area contributed by atoms with Crippen LogP contribution in [-0.2, 0) is 4.74 Å². The highest BCUT2D eigenvalue weighted by atomic mass is 127. The highest BCUT2D eigenvalue weighted by Gasteiger charge is 2.14. The number of hydrogen-bond acceptors (Lipinski definition) is 4. The van der Waals surface area contributed by atoms with Gasteiger partial charge in [0.25, 0.3) is 0 Å². The zero-order chi connectivity index (χ0) is 12.1. The summed E-state index contributed by atoms with van der Waals surface area (Å²) < 4.78 is 10.6. The summed E-state index contributed by atoms with van der Waals surface area (Å²) in [5, 5.41) is 8.91. The van der Waals surface area contributed by atoms with E-state index in [1.807, 2.05) is 28.7 Å². The first-order chi connectivity index (χ1) is 7.63. The second-order valence-corrected chi connectivity index (χ2v) is 4.03. The number of carbonyl (C=O) groups excluding carboxylic acids is 1. The Bertz CT molecular complexity index is 451. The lowest BCUT2D eigenvalue weighted by Gasteiger charge is -2.07. The van der Waals surface area contributed by atoms with Crippen LogP contribution in [0.2, 0.25) is 0 Å². The van der Waals surface area contributed by atoms with Gasteiger partial charge in [0, 0.05) is 3.57 Å². The molecule has 1 aromatic carbocycles. The lowest BCUT2D eigenvalue weighted by atomic mass is 10.1. The standard InChI is InChI=1S/C11H10INO3/c1-3-16-11(14)7-4-9(12)8(6-13)10(5-7)15-2/h4-5H,3H2,1-2H3. The number of nitrogens with zero attached hydrogens (tertiary/aromatic N) is 1. The van der Waals surface area contributed by atoms with Crippen LogP contribution in [0.15, 0.2) is 12.1 Å². The van der Waals surface area contributed by atoms with Crippen molar-refractivity contribution in [1.29, 1.82) is 5.26 Å². The van der Waals surface area contributed by atoms with Crippen molar-refractivity contribution < 1.29 is 14.3 Å². The Morgan fingerprint density at radius 1 is 1.56 bits per heavy atom. The van der Waals surface area contributed by atoms with Gasteiger partial charge in [-0.2, -0.15) is 5.26 Å². The minimum Gasteiger partial charge on any atom is -0.495 e. The van der Waals surface area contributed by atoms with Crippen LogP contribution >= 0.6 is 22.6 Å². The van der Waals surface area contributed by atoms with Crippen LogP contribution in [0.5, 0.6) is 5.75 Å². The molecule has 0 spiro atoms. The minimum atomic E-state index is -0.414. The van der Waals surface area contributed by atoms with E-state index in [1.165, 1.54) is 13.2 Å². The number of esters is 1. The smallest absolute Gasteiger partial charge is 0.338 e. The first-order valence-electron chi connectivity index (χ1n) is 4.58. The van der Waals surface area contributed by atoms with Crippen molar-refractivity contribution in [3.8, 4) is 11.8 Å². The summed E-state index contributed by atoms with van der Waals surface area (Å²) in [6.07, 6.45) is 0. The SMILES string of the molecule is CCOC(=O)c1cc(I)c(C#N)c(OC)c1. The fourth-order valence-electron chi connectivity index (χ4n) is 1.18. The van der Waals surface area contributed by atoms with Gasteiger partial charge in [0.2, 0.25) is 0 Å². The summed E-state index contributed by atoms with van der Waals surface area (Å²) in [4.78, 5) is 11.5. The lowest BCUT2D eigenvalue weighted by molar-refractivity contribution is 0.0526. The van der Waals surface area contributed by atoms with E-state index >= 15 is 0 Å². The Balaban J connectivity index is 3.21. The number of halogens is 1. The van der Waals surface area contributed by atoms with Crippen molar-refractivity contribution >= 4 is 28.6 Å². The molecule has 0 heterocycles. The molecular weight excluding hydrogens is 321 g/mol. The van der Waals surface area contributed by atoms with Crippen LogP contribution < -0.4 is 4.74 Å². The zero-order valence-electron chi connectivity index (χ0n) is 8.91. The average Bonchev–Trinajstić information content (AvgIpc) is 2.28. The number of hydrogen-bond donors (Lipinski definition) is 0. The second kappa shape index (κ2) is 5.70. The first kappa shape index (κ1) is 12.8. The van der Waals surface area contributed by atoms with Crippen molar-refractivity contribution in [1.82, 2.24) is 0 Å². The summed E-state index contributed by atoms with van der Waals surface area (Å²) >= 11 is 1.99. The van der Waals surface area contributed by atoms with Gasteiger partial charge in [0.1, 0.15) is 17.4 Å². The number of rotatable bonds is 3. The highest BCUT2D eigenvalue weighted by Crippen LogP contribution is 2.25. The van der Waals surface area contributed by atoms with E-state index in [-0.39, 0.29) is 0 Å². The third-order valence-corrected chi connectivity index (χ3v) is 2.75. The van der Waals surface area contributed by atoms with Crippen molar-refractivity contribution in [2.45, 2.75) is 6.92 Å². The molecule has 0 saturated carbocycles. The number of carbonyl (C=O) groups is 1. The molecule has 0 atom stereocenters. The number of methoxy groups -OCH3 is 1. The Morgan fingerprint density at radius 2 is 2.25 bits per heavy atom. The molecule has 1 rings (SSSR count). The monoisotopic (exact) mass is 331 g/mol. The van der Waals surface area contributed by atoms with Crippen LogP contribution in [0.1, 0.15) is 22.8 Å². The number of nitriles is 1. The second-order valence-electron chi connectivity index (χ2n) is 2.87. The quantitative estimate of drug-likeness (QED) is 0.630. The summed E-state index contributed by atoms with van der Waals surface area (Å²) in [7, 11) is 1.46. The number of benzene rings is 1. The Kier molecular flexibility index (Phi) is 4.55. The van der Waals surface area contributed by atoms with Gasteiger partial charge in [-0.1, -0.05) is 0 Å². The van der Waals surface area contributed by atoms with Gasteiger partial charge in [-0.15, -0.1) is 0 Å². The van der Waals surface area contributed by atoms with Crippen LogP contribution in [0.25, 0.3) is 0 Å². The van der Waals surface area contributed by atoms with Gasteiger partial charge in [0.15, 0.2) is 0 Å². The molecule has 16 heavy (non-hydrogen) atoms. The predicted octanol–water partition coefficient (Wildman–Crippen LogP) is 2.35. The predicted molar refractivity (Wildman–Crippen MR) is 66.4 cm³/mol. The molecule has 0 bridgehead atoms. The molecule has 0 saturated heterocycles. The largest absolute Gasteiger partial charge is 0.495 e. The number of ether oxygens (including phenoxy) is 2. The van der Waals surface area contributed by atoms with Gasteiger partial charge < -0.3 is 9.47 Å². The summed E-state index contributed by atoms with van der Waals surface area (Å²) in [6, 6.07) is 5.15. The van der Waals surface area contributed by atoms with Crippen LogP contribution in [0.3, 0.4) is 0 Å². The van der Waals surface area contributed by atoms with Crippen molar-refractivity contribution in [3.63, 3.8) is 0 Å². The molecule has 0 N–H and O–H groups in total. The summed E-state index contributed by atoms with van der Waals surface area (Å²) in [6.45, 7) is 2.06. The lowest BCUT2D eigenvalue weighted by Crippen LogP contribution is -2.06. The third-order valence-electron chi connectivity index (χ3n) is 1.90. The first-order valence-corrected chi connectivity index (χ1v) is 5.66. The minimum absolute atomic E-state index is 0.317. The van der Waals surface area contributed by atoms with Gasteiger partial charge in [0.05, 0.1) is 19.3 Å². The molecule has 0 amide bonds. The fraction of sp³-hybridized carbons (Fsp3) is 0.273. The summed E-state index contributed by atoms with van der Waals surface area (Å²) in [5.74, 6) is -0.0272. The van der Waals surface area contributed by atoms with E-state index in [1.54, 1.807) is 13.0 Å². The highest BCUT2D eigenvalue weighted by molar-refractivity contribution is 14.1. The Hall–Kier alpha value is -1.29. The molecule has 4 nitrogen and oxygen atoms in total. The van der Waals surface area contributed by atoms with Gasteiger partial charge in [-0.05, 0) is 41.6 Å². The molecule has 0 aliphatic carbocycles. The molecule has 0 unspecified atom stereocenters. The van der Waals surface area contributed by atoms with Crippen LogP contribution in [0.4, 0.5) is 0 Å². The van der Waals surface area contributed by atoms with Crippen molar-refractivity contribution in [3.05, 3.63) is 26.8 Å². The molecule has 0 aliphatic rings. The van der Waals surface area contributed by atoms with Crippen LogP contribution in [0, 0.1) is 14.9 Å². The van der Waals surface area contributed by atoms with Gasteiger partial charge in [-0.25, -0.2) is 4.79 Å². The summed E-state index contributed by atoms with van der Waals surface area (Å²) in [5.41, 5.74) is 0.818. The van der Waals surface area contributed by atoms with E-state index < -0.39 is 5.97 Å². The maximum Gasteiger partial charge on any atom is 0.338 e. The maximum atomic E-state index is 11.5. The van der Waals surface area contributed by atoms with Crippen molar-refractivity contribution in [2.24, 2.45) is 0 Å². The zero-order valence-corrected chi connectivity index (χ0v) is 11.1.